The number of unbranched alkanes of at least 4 members (excludes halogenated alkanes) is 2. The van der Waals surface area contributed by atoms with E-state index in [1.54, 1.807) is 6.07 Å². The fourth-order valence-electron chi connectivity index (χ4n) is 3.92. The summed E-state index contributed by atoms with van der Waals surface area (Å²) in [6.45, 7) is 3.44. The molecule has 1 aromatic rings. The molecule has 0 heterocycles. The van der Waals surface area contributed by atoms with Crippen LogP contribution >= 0.6 is 15.9 Å². The number of esters is 1. The molecule has 5 nitrogen and oxygen atoms in total. The second-order valence-corrected chi connectivity index (χ2v) is 8.71. The van der Waals surface area contributed by atoms with Crippen LogP contribution in [0.3, 0.4) is 0 Å². The lowest BCUT2D eigenvalue weighted by atomic mass is 9.87. The molecule has 1 aliphatic carbocycles. The van der Waals surface area contributed by atoms with E-state index in [1.165, 1.54) is 38.5 Å². The number of nitrogens with one attached hydrogen (secondary N) is 1. The van der Waals surface area contributed by atoms with Crippen LogP contribution in [-0.4, -0.2) is 29.8 Å². The molecule has 0 bridgehead atoms. The number of anilines is 1. The number of nitrogen functional groups attached to an aromatic ring is 1. The lowest BCUT2D eigenvalue weighted by molar-refractivity contribution is 0.0496. The summed E-state index contributed by atoms with van der Waals surface area (Å²) in [5, 5.41) is 12.6. The maximum atomic E-state index is 12.4. The van der Waals surface area contributed by atoms with Crippen LogP contribution in [0, 0.1) is 0 Å². The Morgan fingerprint density at radius 1 is 1.21 bits per heavy atom. The molecule has 0 unspecified atom stereocenters. The topological polar surface area (TPSA) is 84.6 Å². The Hall–Kier alpha value is -1.11. The highest BCUT2D eigenvalue weighted by molar-refractivity contribution is 9.10. The first kappa shape index (κ1) is 23.2. The Morgan fingerprint density at radius 2 is 1.93 bits per heavy atom. The van der Waals surface area contributed by atoms with Crippen LogP contribution in [0.15, 0.2) is 16.6 Å². The van der Waals surface area contributed by atoms with Crippen LogP contribution in [0.25, 0.3) is 0 Å². The second-order valence-electron chi connectivity index (χ2n) is 7.85. The summed E-state index contributed by atoms with van der Waals surface area (Å²) in [7, 11) is 0. The van der Waals surface area contributed by atoms with Gasteiger partial charge in [0.05, 0.1) is 17.9 Å². The minimum atomic E-state index is -0.328. The van der Waals surface area contributed by atoms with E-state index in [4.69, 9.17) is 15.6 Å². The van der Waals surface area contributed by atoms with E-state index in [0.29, 0.717) is 24.4 Å². The molecule has 6 heteroatoms. The molecular weight excluding hydrogens is 420 g/mol. The number of halogens is 1. The summed E-state index contributed by atoms with van der Waals surface area (Å²) >= 11 is 3.49. The van der Waals surface area contributed by atoms with E-state index in [0.717, 1.165) is 35.7 Å². The van der Waals surface area contributed by atoms with E-state index in [2.05, 4.69) is 28.2 Å². The van der Waals surface area contributed by atoms with Crippen molar-refractivity contribution in [1.82, 2.24) is 5.32 Å². The van der Waals surface area contributed by atoms with Gasteiger partial charge in [0.25, 0.3) is 0 Å². The standard InChI is InChI=1S/C22H35BrN2O3/c1-2-22(10-6-3-4-7-11-22)25-16-18-14-17(15-19(23)20(18)24)21(27)28-13-9-5-8-12-26/h14-15,25-26H,2-13,16,24H2,1H3. The highest BCUT2D eigenvalue weighted by atomic mass is 79.9. The largest absolute Gasteiger partial charge is 0.462 e. The molecule has 0 spiro atoms. The number of aliphatic hydroxyl groups excluding tert-OH is 1. The number of carbonyl (C=O) groups is 1. The Labute approximate surface area is 177 Å². The lowest BCUT2D eigenvalue weighted by Crippen LogP contribution is -2.43. The molecule has 1 aromatic carbocycles. The Morgan fingerprint density at radius 3 is 2.57 bits per heavy atom. The van der Waals surface area contributed by atoms with E-state index < -0.39 is 0 Å². The van der Waals surface area contributed by atoms with Crippen LogP contribution in [0.1, 0.15) is 87.1 Å². The fraction of sp³-hybridized carbons (Fsp3) is 0.682. The zero-order valence-electron chi connectivity index (χ0n) is 17.1. The summed E-state index contributed by atoms with van der Waals surface area (Å²) in [6.07, 6.45) is 11.0. The maximum Gasteiger partial charge on any atom is 0.338 e. The van der Waals surface area contributed by atoms with Crippen LogP contribution in [0.2, 0.25) is 0 Å². The zero-order valence-corrected chi connectivity index (χ0v) is 18.7. The number of nitrogens with two attached hydrogens (primary N) is 1. The van der Waals surface area contributed by atoms with Crippen molar-refractivity contribution in [2.45, 2.75) is 83.2 Å². The summed E-state index contributed by atoms with van der Waals surface area (Å²) in [6, 6.07) is 3.58. The predicted molar refractivity (Wildman–Crippen MR) is 117 cm³/mol. The SMILES string of the molecule is CCC1(NCc2cc(C(=O)OCCCCCO)cc(Br)c2N)CCCCCC1. The van der Waals surface area contributed by atoms with Crippen LogP contribution in [-0.2, 0) is 11.3 Å². The van der Waals surface area contributed by atoms with Crippen molar-refractivity contribution in [1.29, 1.82) is 0 Å². The van der Waals surface area contributed by atoms with Gasteiger partial charge < -0.3 is 20.9 Å². The summed E-state index contributed by atoms with van der Waals surface area (Å²) in [5.41, 5.74) is 8.56. The van der Waals surface area contributed by atoms with Crippen LogP contribution in [0.4, 0.5) is 5.69 Å². The molecule has 1 fully saturated rings. The van der Waals surface area contributed by atoms with Crippen LogP contribution in [0.5, 0.6) is 0 Å². The molecule has 28 heavy (non-hydrogen) atoms. The number of benzene rings is 1. The van der Waals surface area contributed by atoms with Gasteiger partial charge in [-0.05, 0) is 72.2 Å². The quantitative estimate of drug-likeness (QED) is 0.201. The molecule has 158 valence electrons. The number of aliphatic hydroxyl groups is 1. The van der Waals surface area contributed by atoms with Crippen molar-refractivity contribution in [3.8, 4) is 0 Å². The first-order valence-electron chi connectivity index (χ1n) is 10.6. The summed E-state index contributed by atoms with van der Waals surface area (Å²) < 4.78 is 6.10. The molecule has 0 atom stereocenters. The number of hydrogen-bond donors (Lipinski definition) is 3. The molecule has 4 N–H and O–H groups in total. The van der Waals surface area contributed by atoms with E-state index in [1.807, 2.05) is 6.07 Å². The second kappa shape index (κ2) is 11.8. The van der Waals surface area contributed by atoms with E-state index in [-0.39, 0.29) is 18.1 Å². The highest BCUT2D eigenvalue weighted by Gasteiger charge is 2.28. The van der Waals surface area contributed by atoms with Crippen molar-refractivity contribution in [2.24, 2.45) is 0 Å². The number of hydrogen-bond acceptors (Lipinski definition) is 5. The third-order valence-corrected chi connectivity index (χ3v) is 6.53. The molecule has 0 aliphatic heterocycles. The van der Waals surface area contributed by atoms with E-state index in [9.17, 15) is 4.79 Å². The van der Waals surface area contributed by atoms with Crippen LogP contribution < -0.4 is 11.1 Å². The van der Waals surface area contributed by atoms with Gasteiger partial charge in [0, 0.05) is 23.2 Å². The minimum absolute atomic E-state index is 0.165. The first-order valence-corrected chi connectivity index (χ1v) is 11.4. The van der Waals surface area contributed by atoms with Gasteiger partial charge in [-0.1, -0.05) is 32.6 Å². The maximum absolute atomic E-state index is 12.4. The van der Waals surface area contributed by atoms with Crippen molar-refractivity contribution in [2.75, 3.05) is 18.9 Å². The molecule has 0 amide bonds. The van der Waals surface area contributed by atoms with Crippen molar-refractivity contribution >= 4 is 27.6 Å². The monoisotopic (exact) mass is 454 g/mol. The number of ether oxygens (including phenoxy) is 1. The molecular formula is C22H35BrN2O3. The molecule has 1 saturated carbocycles. The smallest absolute Gasteiger partial charge is 0.338 e. The zero-order chi connectivity index (χ0) is 20.4. The average molecular weight is 455 g/mol. The fourth-order valence-corrected chi connectivity index (χ4v) is 4.42. The Balaban J connectivity index is 2.02. The van der Waals surface area contributed by atoms with Gasteiger partial charge in [0.2, 0.25) is 0 Å². The predicted octanol–water partition coefficient (Wildman–Crippen LogP) is 4.94. The molecule has 2 rings (SSSR count). The van der Waals surface area contributed by atoms with Gasteiger partial charge in [-0.2, -0.15) is 0 Å². The Bertz CT molecular complexity index is 628. The summed E-state index contributed by atoms with van der Waals surface area (Å²) in [4.78, 5) is 12.4. The minimum Gasteiger partial charge on any atom is -0.462 e. The molecule has 1 aliphatic rings. The van der Waals surface area contributed by atoms with Crippen molar-refractivity contribution in [3.05, 3.63) is 27.7 Å². The molecule has 0 radical (unpaired) electrons. The van der Waals surface area contributed by atoms with Gasteiger partial charge in [-0.25, -0.2) is 4.79 Å². The lowest BCUT2D eigenvalue weighted by Gasteiger charge is -2.33. The first-order chi connectivity index (χ1) is 13.5. The van der Waals surface area contributed by atoms with Crippen molar-refractivity contribution in [3.63, 3.8) is 0 Å². The Kier molecular flexibility index (Phi) is 9.75. The third kappa shape index (κ3) is 6.75. The van der Waals surface area contributed by atoms with Gasteiger partial charge in [-0.3, -0.25) is 0 Å². The summed E-state index contributed by atoms with van der Waals surface area (Å²) in [5.74, 6) is -0.328. The number of rotatable bonds is 10. The van der Waals surface area contributed by atoms with Crippen molar-refractivity contribution < 1.29 is 14.6 Å². The van der Waals surface area contributed by atoms with Gasteiger partial charge >= 0.3 is 5.97 Å². The van der Waals surface area contributed by atoms with Gasteiger partial charge in [0.1, 0.15) is 0 Å². The van der Waals surface area contributed by atoms with Gasteiger partial charge in [-0.15, -0.1) is 0 Å². The van der Waals surface area contributed by atoms with Gasteiger partial charge in [0.15, 0.2) is 0 Å². The molecule has 0 aromatic heterocycles. The molecule has 0 saturated heterocycles. The average Bonchev–Trinajstić information content (AvgIpc) is 2.95. The highest BCUT2D eigenvalue weighted by Crippen LogP contribution is 2.32. The third-order valence-electron chi connectivity index (χ3n) is 5.88. The van der Waals surface area contributed by atoms with E-state index >= 15 is 0 Å². The normalized spacial score (nSPS) is 16.5. The number of carbonyl (C=O) groups excluding carboxylic acids is 1.